The number of thioether (sulfide) groups is 1. The van der Waals surface area contributed by atoms with E-state index in [1.165, 1.54) is 11.8 Å². The van der Waals surface area contributed by atoms with Crippen molar-refractivity contribution in [1.29, 1.82) is 0 Å². The Morgan fingerprint density at radius 2 is 1.55 bits per heavy atom. The van der Waals surface area contributed by atoms with Gasteiger partial charge in [0.2, 0.25) is 4.99 Å². The topological polar surface area (TPSA) is 57.5 Å². The van der Waals surface area contributed by atoms with Gasteiger partial charge in [-0.2, -0.15) is 10.2 Å². The van der Waals surface area contributed by atoms with Crippen LogP contribution < -0.4 is 14.8 Å². The third-order valence-corrected chi connectivity index (χ3v) is 7.18. The highest BCUT2D eigenvalue weighted by Crippen LogP contribution is 2.54. The number of benzene rings is 3. The number of anilines is 2. The van der Waals surface area contributed by atoms with E-state index in [9.17, 15) is 4.79 Å². The van der Waals surface area contributed by atoms with Crippen LogP contribution in [0.2, 0.25) is 0 Å². The molecular weight excluding hydrogens is 432 g/mol. The molecule has 6 nitrogen and oxygen atoms in total. The van der Waals surface area contributed by atoms with Crippen molar-refractivity contribution < 1.29 is 9.53 Å². The molecule has 0 aliphatic carbocycles. The lowest BCUT2D eigenvalue weighted by atomic mass is 9.96. The molecule has 0 unspecified atom stereocenters. The zero-order valence-electron chi connectivity index (χ0n) is 18.7. The van der Waals surface area contributed by atoms with Gasteiger partial charge in [0.15, 0.2) is 10.8 Å². The van der Waals surface area contributed by atoms with Gasteiger partial charge >= 0.3 is 0 Å². The molecular formula is C26H24N4O2S. The predicted octanol–water partition coefficient (Wildman–Crippen LogP) is 5.60. The normalized spacial score (nSPS) is 19.2. The van der Waals surface area contributed by atoms with Crippen molar-refractivity contribution in [2.75, 3.05) is 17.1 Å². The molecule has 5 rings (SSSR count). The fourth-order valence-corrected chi connectivity index (χ4v) is 5.48. The van der Waals surface area contributed by atoms with Crippen LogP contribution in [0.3, 0.4) is 0 Å². The largest absolute Gasteiger partial charge is 0.497 e. The Balaban J connectivity index is 1.79. The van der Waals surface area contributed by atoms with Crippen LogP contribution in [0.25, 0.3) is 0 Å². The summed E-state index contributed by atoms with van der Waals surface area (Å²) in [7, 11) is 1.64. The molecule has 0 aromatic heterocycles. The first kappa shape index (κ1) is 21.3. The monoisotopic (exact) mass is 456 g/mol. The minimum atomic E-state index is -0.897. The Hall–Kier alpha value is -3.58. The molecule has 0 amide bonds. The summed E-state index contributed by atoms with van der Waals surface area (Å²) in [6.07, 6.45) is 0.782. The maximum atomic E-state index is 12.6. The molecule has 1 spiro atoms. The molecule has 2 heterocycles. The van der Waals surface area contributed by atoms with Gasteiger partial charge in [-0.05, 0) is 54.6 Å². The molecule has 0 N–H and O–H groups in total. The minimum absolute atomic E-state index is 0.0776. The van der Waals surface area contributed by atoms with Crippen LogP contribution in [0.5, 0.6) is 5.75 Å². The molecule has 33 heavy (non-hydrogen) atoms. The Morgan fingerprint density at radius 3 is 2.21 bits per heavy atom. The number of Topliss-reactive ketones (excluding diaryl/α,β-unsaturated/α-hetero) is 1. The lowest BCUT2D eigenvalue weighted by molar-refractivity contribution is -0.110. The van der Waals surface area contributed by atoms with Gasteiger partial charge in [0, 0.05) is 18.1 Å². The van der Waals surface area contributed by atoms with Gasteiger partial charge in [-0.15, -0.1) is 0 Å². The highest BCUT2D eigenvalue weighted by Gasteiger charge is 2.55. The number of ether oxygens (including phenoxy) is 1. The van der Waals surface area contributed by atoms with Gasteiger partial charge in [0.05, 0.1) is 24.2 Å². The number of carbonyl (C=O) groups is 1. The third kappa shape index (κ3) is 3.40. The minimum Gasteiger partial charge on any atom is -0.497 e. The fourth-order valence-electron chi connectivity index (χ4n) is 4.20. The molecule has 0 fully saturated rings. The lowest BCUT2D eigenvalue weighted by Gasteiger charge is -2.47. The molecule has 3 aromatic rings. The summed E-state index contributed by atoms with van der Waals surface area (Å²) in [5.41, 5.74) is 4.86. The first-order chi connectivity index (χ1) is 16.1. The van der Waals surface area contributed by atoms with Gasteiger partial charge in [0.1, 0.15) is 5.75 Å². The predicted molar refractivity (Wildman–Crippen MR) is 135 cm³/mol. The van der Waals surface area contributed by atoms with Gasteiger partial charge in [-0.25, -0.2) is 10.0 Å². The average molecular weight is 457 g/mol. The number of para-hydroxylation sites is 1. The van der Waals surface area contributed by atoms with Crippen LogP contribution in [0, 0.1) is 0 Å². The number of hydrogen-bond acceptors (Lipinski definition) is 7. The first-order valence-electron chi connectivity index (χ1n) is 10.8. The number of carbonyl (C=O) groups excluding carboxylic acids is 1. The fraction of sp³-hybridized carbons (Fsp3) is 0.192. The molecule has 0 saturated heterocycles. The summed E-state index contributed by atoms with van der Waals surface area (Å²) in [5.74, 6) is 0.678. The second kappa shape index (κ2) is 8.41. The summed E-state index contributed by atoms with van der Waals surface area (Å²) in [5, 5.41) is 14.3. The smallest absolute Gasteiger partial charge is 0.234 e. The van der Waals surface area contributed by atoms with Crippen molar-refractivity contribution in [3.63, 3.8) is 0 Å². The summed E-state index contributed by atoms with van der Waals surface area (Å²) >= 11 is 1.43. The van der Waals surface area contributed by atoms with E-state index in [0.29, 0.717) is 5.04 Å². The van der Waals surface area contributed by atoms with E-state index >= 15 is 0 Å². The van der Waals surface area contributed by atoms with Crippen LogP contribution in [0.4, 0.5) is 11.4 Å². The summed E-state index contributed by atoms with van der Waals surface area (Å²) in [6, 6.07) is 26.0. The highest BCUT2D eigenvalue weighted by molar-refractivity contribution is 8.17. The van der Waals surface area contributed by atoms with Crippen molar-refractivity contribution in [2.24, 2.45) is 10.2 Å². The molecule has 0 saturated carbocycles. The van der Waals surface area contributed by atoms with Gasteiger partial charge in [-0.1, -0.05) is 49.4 Å². The number of nitrogens with zero attached hydrogens (tertiary/aromatic N) is 4. The number of hydrogen-bond donors (Lipinski definition) is 0. The standard InChI is InChI=1S/C26H24N4O2S/c1-4-24-22-12-8-9-13-23(22)26(29(27-24)19-10-6-5-7-11-19)30(28-25(33-26)18(2)31)20-14-16-21(32-3)17-15-20/h5-17H,4H2,1-3H3/t26-/m0/s1. The maximum Gasteiger partial charge on any atom is 0.234 e. The molecule has 2 aliphatic heterocycles. The van der Waals surface area contributed by atoms with Crippen LogP contribution in [-0.2, 0) is 9.79 Å². The molecule has 1 atom stereocenters. The highest BCUT2D eigenvalue weighted by atomic mass is 32.2. The quantitative estimate of drug-likeness (QED) is 0.501. The van der Waals surface area contributed by atoms with Gasteiger partial charge < -0.3 is 4.74 Å². The van der Waals surface area contributed by atoms with Crippen molar-refractivity contribution in [3.8, 4) is 5.75 Å². The second-order valence-corrected chi connectivity index (χ2v) is 8.93. The Kier molecular flexibility index (Phi) is 5.42. The van der Waals surface area contributed by atoms with E-state index in [0.717, 1.165) is 40.4 Å². The van der Waals surface area contributed by atoms with Crippen LogP contribution in [0.1, 0.15) is 31.4 Å². The van der Waals surface area contributed by atoms with Crippen LogP contribution in [-0.4, -0.2) is 23.6 Å². The number of fused-ring (bicyclic) bond motifs is 2. The number of hydrazone groups is 2. The molecule has 7 heteroatoms. The lowest BCUT2D eigenvalue weighted by Crippen LogP contribution is -2.53. The Labute approximate surface area is 197 Å². The van der Waals surface area contributed by atoms with E-state index in [1.807, 2.05) is 76.7 Å². The number of methoxy groups -OCH3 is 1. The molecule has 3 aromatic carbocycles. The van der Waals surface area contributed by atoms with E-state index in [2.05, 4.69) is 19.1 Å². The SMILES string of the molecule is CCC1=NN(c2ccccc2)[C@@]2(SC(C(C)=O)=NN2c2ccc(OC)cc2)c2ccccc21. The van der Waals surface area contributed by atoms with Crippen LogP contribution >= 0.6 is 11.8 Å². The number of ketones is 1. The van der Waals surface area contributed by atoms with Crippen molar-refractivity contribution in [3.05, 3.63) is 90.0 Å². The summed E-state index contributed by atoms with van der Waals surface area (Å²) < 4.78 is 5.36. The molecule has 2 aliphatic rings. The molecule has 0 radical (unpaired) electrons. The summed E-state index contributed by atoms with van der Waals surface area (Å²) in [4.78, 5) is 11.7. The Bertz CT molecular complexity index is 1260. The van der Waals surface area contributed by atoms with E-state index in [1.54, 1.807) is 14.0 Å². The third-order valence-electron chi connectivity index (χ3n) is 5.77. The second-order valence-electron chi connectivity index (χ2n) is 7.77. The van der Waals surface area contributed by atoms with E-state index in [-0.39, 0.29) is 5.78 Å². The molecule has 0 bridgehead atoms. The zero-order valence-corrected chi connectivity index (χ0v) is 19.5. The molecule has 166 valence electrons. The van der Waals surface area contributed by atoms with Crippen molar-refractivity contribution in [2.45, 2.75) is 25.3 Å². The maximum absolute atomic E-state index is 12.6. The number of rotatable bonds is 5. The van der Waals surface area contributed by atoms with Crippen molar-refractivity contribution >= 4 is 39.7 Å². The zero-order chi connectivity index (χ0) is 23.0. The van der Waals surface area contributed by atoms with E-state index < -0.39 is 4.99 Å². The Morgan fingerprint density at radius 1 is 0.909 bits per heavy atom. The van der Waals surface area contributed by atoms with Crippen molar-refractivity contribution in [1.82, 2.24) is 0 Å². The summed E-state index contributed by atoms with van der Waals surface area (Å²) in [6.45, 7) is 3.66. The van der Waals surface area contributed by atoms with Gasteiger partial charge in [-0.3, -0.25) is 4.79 Å². The van der Waals surface area contributed by atoms with Gasteiger partial charge in [0.25, 0.3) is 0 Å². The van der Waals surface area contributed by atoms with Crippen LogP contribution in [0.15, 0.2) is 89.1 Å². The average Bonchev–Trinajstić information content (AvgIpc) is 3.26. The van der Waals surface area contributed by atoms with E-state index in [4.69, 9.17) is 14.9 Å². The first-order valence-corrected chi connectivity index (χ1v) is 11.7.